The summed E-state index contributed by atoms with van der Waals surface area (Å²) in [5, 5.41) is 3.46. The molecule has 0 aliphatic rings. The number of nitrogens with two attached hydrogens (primary N) is 1. The van der Waals surface area contributed by atoms with E-state index in [1.807, 2.05) is 0 Å². The summed E-state index contributed by atoms with van der Waals surface area (Å²) < 4.78 is 5.50. The molecule has 0 heterocycles. The van der Waals surface area contributed by atoms with Crippen molar-refractivity contribution in [1.82, 2.24) is 5.32 Å². The second kappa shape index (κ2) is 12.9. The van der Waals surface area contributed by atoms with E-state index in [1.165, 1.54) is 25.7 Å². The summed E-state index contributed by atoms with van der Waals surface area (Å²) in [4.78, 5) is 0. The van der Waals surface area contributed by atoms with E-state index >= 15 is 0 Å². The minimum absolute atomic E-state index is 0.700. The summed E-state index contributed by atoms with van der Waals surface area (Å²) in [6.07, 6.45) is 5.91. The summed E-state index contributed by atoms with van der Waals surface area (Å²) in [5.41, 5.74) is 5.49. The van der Waals surface area contributed by atoms with Crippen LogP contribution in [0.25, 0.3) is 0 Å². The Bertz CT molecular complexity index is 131. The van der Waals surface area contributed by atoms with E-state index in [9.17, 15) is 0 Å². The fourth-order valence-corrected chi connectivity index (χ4v) is 1.54. The quantitative estimate of drug-likeness (QED) is 0.505. The molecule has 0 radical (unpaired) electrons. The van der Waals surface area contributed by atoms with E-state index in [1.54, 1.807) is 0 Å². The van der Waals surface area contributed by atoms with Crippen LogP contribution >= 0.6 is 0 Å². The Morgan fingerprint density at radius 2 is 1.94 bits per heavy atom. The minimum Gasteiger partial charge on any atom is -0.381 e. The van der Waals surface area contributed by atoms with Gasteiger partial charge in [0.1, 0.15) is 0 Å². The molecule has 0 aromatic heterocycles. The first-order valence-electron chi connectivity index (χ1n) is 6.79. The van der Waals surface area contributed by atoms with E-state index in [0.29, 0.717) is 5.92 Å². The van der Waals surface area contributed by atoms with Gasteiger partial charge in [-0.1, -0.05) is 20.3 Å². The highest BCUT2D eigenvalue weighted by Gasteiger charge is 1.98. The molecule has 98 valence electrons. The van der Waals surface area contributed by atoms with Gasteiger partial charge in [0.25, 0.3) is 0 Å². The number of unbranched alkanes of at least 4 members (excludes halogenated alkanes) is 2. The first-order valence-corrected chi connectivity index (χ1v) is 6.79. The van der Waals surface area contributed by atoms with Crippen molar-refractivity contribution < 1.29 is 4.74 Å². The van der Waals surface area contributed by atoms with Gasteiger partial charge in [-0.15, -0.1) is 0 Å². The van der Waals surface area contributed by atoms with Crippen molar-refractivity contribution in [1.29, 1.82) is 0 Å². The molecule has 16 heavy (non-hydrogen) atoms. The van der Waals surface area contributed by atoms with Gasteiger partial charge >= 0.3 is 0 Å². The molecule has 1 atom stereocenters. The van der Waals surface area contributed by atoms with Crippen molar-refractivity contribution in [3.05, 3.63) is 0 Å². The average Bonchev–Trinajstić information content (AvgIpc) is 2.27. The number of hydrogen-bond donors (Lipinski definition) is 2. The van der Waals surface area contributed by atoms with Gasteiger partial charge in [0.15, 0.2) is 0 Å². The molecule has 0 rings (SSSR count). The van der Waals surface area contributed by atoms with E-state index < -0.39 is 0 Å². The van der Waals surface area contributed by atoms with Crippen molar-refractivity contribution in [2.45, 2.75) is 46.0 Å². The summed E-state index contributed by atoms with van der Waals surface area (Å²) in [7, 11) is 0. The van der Waals surface area contributed by atoms with Crippen molar-refractivity contribution in [2.75, 3.05) is 32.8 Å². The van der Waals surface area contributed by atoms with Crippen LogP contribution in [-0.2, 0) is 4.74 Å². The van der Waals surface area contributed by atoms with Crippen LogP contribution in [0, 0.1) is 5.92 Å². The van der Waals surface area contributed by atoms with Gasteiger partial charge in [-0.05, 0) is 51.2 Å². The number of hydrogen-bond acceptors (Lipinski definition) is 3. The maximum Gasteiger partial charge on any atom is 0.0466 e. The third kappa shape index (κ3) is 12.0. The molecule has 0 bridgehead atoms. The molecule has 3 N–H and O–H groups in total. The normalized spacial score (nSPS) is 12.9. The highest BCUT2D eigenvalue weighted by atomic mass is 16.5. The topological polar surface area (TPSA) is 47.3 Å². The second-order valence-corrected chi connectivity index (χ2v) is 4.56. The van der Waals surface area contributed by atoms with Crippen molar-refractivity contribution >= 4 is 0 Å². The Morgan fingerprint density at radius 1 is 1.19 bits per heavy atom. The lowest BCUT2D eigenvalue weighted by atomic mass is 10.1. The van der Waals surface area contributed by atoms with Crippen LogP contribution in [0.4, 0.5) is 0 Å². The van der Waals surface area contributed by atoms with Gasteiger partial charge in [-0.3, -0.25) is 0 Å². The summed E-state index contributed by atoms with van der Waals surface area (Å²) in [6, 6.07) is 0. The van der Waals surface area contributed by atoms with Crippen LogP contribution in [0.3, 0.4) is 0 Å². The van der Waals surface area contributed by atoms with E-state index in [-0.39, 0.29) is 0 Å². The summed E-state index contributed by atoms with van der Waals surface area (Å²) in [5.74, 6) is 0.700. The van der Waals surface area contributed by atoms with Gasteiger partial charge in [0, 0.05) is 13.2 Å². The molecule has 3 nitrogen and oxygen atoms in total. The summed E-state index contributed by atoms with van der Waals surface area (Å²) >= 11 is 0. The Balaban J connectivity index is 2.98. The molecule has 0 spiro atoms. The first kappa shape index (κ1) is 15.9. The Hall–Kier alpha value is -0.120. The number of ether oxygens (including phenoxy) is 1. The number of rotatable bonds is 12. The van der Waals surface area contributed by atoms with Gasteiger partial charge in [0.2, 0.25) is 0 Å². The second-order valence-electron chi connectivity index (χ2n) is 4.56. The average molecular weight is 230 g/mol. The molecule has 1 unspecified atom stereocenters. The third-order valence-corrected chi connectivity index (χ3v) is 2.69. The lowest BCUT2D eigenvalue weighted by molar-refractivity contribution is 0.127. The Morgan fingerprint density at radius 3 is 2.62 bits per heavy atom. The Labute approximate surface area is 101 Å². The largest absolute Gasteiger partial charge is 0.381 e. The molecular weight excluding hydrogens is 200 g/mol. The molecule has 0 amide bonds. The lowest BCUT2D eigenvalue weighted by Crippen LogP contribution is -2.24. The molecule has 0 aliphatic heterocycles. The fourth-order valence-electron chi connectivity index (χ4n) is 1.54. The molecule has 0 saturated heterocycles. The first-order chi connectivity index (χ1) is 7.81. The van der Waals surface area contributed by atoms with Crippen molar-refractivity contribution in [3.63, 3.8) is 0 Å². The van der Waals surface area contributed by atoms with E-state index in [2.05, 4.69) is 19.2 Å². The molecule has 0 aromatic rings. The van der Waals surface area contributed by atoms with Crippen molar-refractivity contribution in [3.8, 4) is 0 Å². The van der Waals surface area contributed by atoms with Crippen LogP contribution in [0.15, 0.2) is 0 Å². The van der Waals surface area contributed by atoms with Gasteiger partial charge in [-0.2, -0.15) is 0 Å². The zero-order valence-electron chi connectivity index (χ0n) is 11.1. The van der Waals surface area contributed by atoms with Gasteiger partial charge in [-0.25, -0.2) is 0 Å². The van der Waals surface area contributed by atoms with Crippen LogP contribution in [-0.4, -0.2) is 32.8 Å². The lowest BCUT2D eigenvalue weighted by Gasteiger charge is -2.11. The van der Waals surface area contributed by atoms with Crippen LogP contribution in [0.5, 0.6) is 0 Å². The highest BCUT2D eigenvalue weighted by molar-refractivity contribution is 4.57. The van der Waals surface area contributed by atoms with Crippen LogP contribution in [0.2, 0.25) is 0 Å². The molecule has 0 aromatic carbocycles. The highest BCUT2D eigenvalue weighted by Crippen LogP contribution is 1.97. The maximum atomic E-state index is 5.50. The Kier molecular flexibility index (Phi) is 12.9. The smallest absolute Gasteiger partial charge is 0.0466 e. The van der Waals surface area contributed by atoms with Crippen molar-refractivity contribution in [2.24, 2.45) is 11.7 Å². The standard InChI is InChI=1S/C13H30N2O/c1-3-4-10-16-11-6-5-9-15-12-13(2)7-8-14/h13,15H,3-12,14H2,1-2H3. The monoisotopic (exact) mass is 230 g/mol. The number of nitrogens with one attached hydrogen (secondary N) is 1. The zero-order chi connectivity index (χ0) is 12.1. The van der Waals surface area contributed by atoms with E-state index in [0.717, 1.165) is 39.3 Å². The molecule has 3 heteroatoms. The SMILES string of the molecule is CCCCOCCCCNCC(C)CCN. The summed E-state index contributed by atoms with van der Waals surface area (Å²) in [6.45, 7) is 9.27. The predicted octanol–water partition coefficient (Wildman–Crippen LogP) is 2.16. The van der Waals surface area contributed by atoms with Crippen LogP contribution in [0.1, 0.15) is 46.0 Å². The zero-order valence-corrected chi connectivity index (χ0v) is 11.1. The van der Waals surface area contributed by atoms with E-state index in [4.69, 9.17) is 10.5 Å². The van der Waals surface area contributed by atoms with Gasteiger partial charge in [0.05, 0.1) is 0 Å². The molecule has 0 fully saturated rings. The predicted molar refractivity (Wildman–Crippen MR) is 70.7 cm³/mol. The molecular formula is C13H30N2O. The molecule has 0 aliphatic carbocycles. The fraction of sp³-hybridized carbons (Fsp3) is 1.00. The van der Waals surface area contributed by atoms with Crippen LogP contribution < -0.4 is 11.1 Å². The molecule has 0 saturated carbocycles. The maximum absolute atomic E-state index is 5.50. The minimum atomic E-state index is 0.700. The van der Waals surface area contributed by atoms with Gasteiger partial charge < -0.3 is 15.8 Å². The third-order valence-electron chi connectivity index (χ3n) is 2.69.